The molecule has 94 valence electrons. The zero-order valence-electron chi connectivity index (χ0n) is 9.62. The van der Waals surface area contributed by atoms with Crippen molar-refractivity contribution in [3.05, 3.63) is 63.2 Å². The van der Waals surface area contributed by atoms with Gasteiger partial charge in [-0.05, 0) is 45.7 Å². The van der Waals surface area contributed by atoms with E-state index in [0.29, 0.717) is 21.7 Å². The number of carbonyl (C=O) groups excluding carboxylic acids is 1. The van der Waals surface area contributed by atoms with Crippen LogP contribution in [0, 0.1) is 0 Å². The minimum atomic E-state index is -0.308. The first-order valence-electron chi connectivity index (χ1n) is 5.28. The van der Waals surface area contributed by atoms with Gasteiger partial charge in [0.25, 0.3) is 5.91 Å². The number of amides is 1. The SMILES string of the molecule is [N-]=[N+]=Nc1ccc(NC(=O)c2cccc(Br)n2)cc1. The van der Waals surface area contributed by atoms with Crippen LogP contribution in [0.3, 0.4) is 0 Å². The number of hydrogen-bond donors (Lipinski definition) is 1. The number of aromatic nitrogens is 1. The summed E-state index contributed by atoms with van der Waals surface area (Å²) < 4.78 is 0.596. The third-order valence-electron chi connectivity index (χ3n) is 2.23. The summed E-state index contributed by atoms with van der Waals surface area (Å²) in [5.74, 6) is -0.308. The fourth-order valence-corrected chi connectivity index (χ4v) is 1.74. The Hall–Kier alpha value is -2.37. The van der Waals surface area contributed by atoms with Crippen LogP contribution in [0.15, 0.2) is 52.2 Å². The Morgan fingerprint density at radius 2 is 2.00 bits per heavy atom. The molecule has 0 radical (unpaired) electrons. The van der Waals surface area contributed by atoms with Crippen molar-refractivity contribution in [2.24, 2.45) is 5.11 Å². The number of azide groups is 1. The van der Waals surface area contributed by atoms with Crippen molar-refractivity contribution in [3.63, 3.8) is 0 Å². The van der Waals surface area contributed by atoms with E-state index in [1.54, 1.807) is 42.5 Å². The minimum absolute atomic E-state index is 0.308. The Bertz CT molecular complexity index is 649. The normalized spacial score (nSPS) is 9.53. The van der Waals surface area contributed by atoms with E-state index in [0.717, 1.165) is 0 Å². The Balaban J connectivity index is 2.12. The lowest BCUT2D eigenvalue weighted by Crippen LogP contribution is -2.13. The van der Waals surface area contributed by atoms with Crippen molar-refractivity contribution in [3.8, 4) is 0 Å². The second-order valence-corrected chi connectivity index (χ2v) is 4.35. The van der Waals surface area contributed by atoms with Crippen molar-refractivity contribution in [1.82, 2.24) is 4.98 Å². The van der Waals surface area contributed by atoms with E-state index >= 15 is 0 Å². The van der Waals surface area contributed by atoms with Crippen LogP contribution in [0.5, 0.6) is 0 Å². The molecule has 1 heterocycles. The first-order chi connectivity index (χ1) is 9.19. The van der Waals surface area contributed by atoms with E-state index in [1.165, 1.54) is 0 Å². The van der Waals surface area contributed by atoms with E-state index < -0.39 is 0 Å². The summed E-state index contributed by atoms with van der Waals surface area (Å²) in [6, 6.07) is 11.6. The van der Waals surface area contributed by atoms with Crippen LogP contribution in [0.1, 0.15) is 10.5 Å². The third-order valence-corrected chi connectivity index (χ3v) is 2.67. The molecule has 0 fully saturated rings. The molecular formula is C12H8BrN5O. The summed E-state index contributed by atoms with van der Waals surface area (Å²) in [5.41, 5.74) is 9.69. The average Bonchev–Trinajstić information content (AvgIpc) is 2.41. The number of halogens is 1. The van der Waals surface area contributed by atoms with Crippen molar-refractivity contribution in [2.75, 3.05) is 5.32 Å². The van der Waals surface area contributed by atoms with Crippen molar-refractivity contribution >= 4 is 33.2 Å². The Labute approximate surface area is 117 Å². The van der Waals surface area contributed by atoms with Gasteiger partial charge in [-0.1, -0.05) is 23.3 Å². The number of benzene rings is 1. The molecule has 0 spiro atoms. The standard InChI is InChI=1S/C12H8BrN5O/c13-11-3-1-2-10(16-11)12(19)15-8-4-6-9(7-5-8)17-18-14/h1-7H,(H,15,19). The number of pyridine rings is 1. The second kappa shape index (κ2) is 5.99. The predicted octanol–water partition coefficient (Wildman–Crippen LogP) is 4.04. The zero-order chi connectivity index (χ0) is 13.7. The second-order valence-electron chi connectivity index (χ2n) is 3.54. The molecule has 1 N–H and O–H groups in total. The van der Waals surface area contributed by atoms with E-state index in [-0.39, 0.29) is 5.91 Å². The fraction of sp³-hybridized carbons (Fsp3) is 0. The molecule has 0 saturated carbocycles. The molecule has 0 unspecified atom stereocenters. The lowest BCUT2D eigenvalue weighted by atomic mass is 10.2. The van der Waals surface area contributed by atoms with Gasteiger partial charge in [0.1, 0.15) is 10.3 Å². The summed E-state index contributed by atoms with van der Waals surface area (Å²) in [5, 5.41) is 6.14. The predicted molar refractivity (Wildman–Crippen MR) is 75.1 cm³/mol. The molecule has 0 aliphatic rings. The van der Waals surface area contributed by atoms with Crippen LogP contribution in [0.25, 0.3) is 10.4 Å². The Morgan fingerprint density at radius 1 is 1.26 bits per heavy atom. The molecule has 7 heteroatoms. The molecule has 1 aromatic carbocycles. The van der Waals surface area contributed by atoms with E-state index in [1.807, 2.05) is 0 Å². The van der Waals surface area contributed by atoms with Gasteiger partial charge in [-0.3, -0.25) is 4.79 Å². The maximum atomic E-state index is 11.9. The van der Waals surface area contributed by atoms with Crippen LogP contribution in [0.2, 0.25) is 0 Å². The molecule has 0 atom stereocenters. The molecule has 0 bridgehead atoms. The maximum Gasteiger partial charge on any atom is 0.274 e. The van der Waals surface area contributed by atoms with Gasteiger partial charge in [0.2, 0.25) is 0 Å². The van der Waals surface area contributed by atoms with Gasteiger partial charge >= 0.3 is 0 Å². The summed E-state index contributed by atoms with van der Waals surface area (Å²) >= 11 is 3.21. The number of rotatable bonds is 3. The average molecular weight is 318 g/mol. The lowest BCUT2D eigenvalue weighted by molar-refractivity contribution is 0.102. The monoisotopic (exact) mass is 317 g/mol. The highest BCUT2D eigenvalue weighted by molar-refractivity contribution is 9.10. The van der Waals surface area contributed by atoms with Crippen LogP contribution in [-0.4, -0.2) is 10.9 Å². The summed E-state index contributed by atoms with van der Waals surface area (Å²) in [7, 11) is 0. The summed E-state index contributed by atoms with van der Waals surface area (Å²) in [6.07, 6.45) is 0. The van der Waals surface area contributed by atoms with Gasteiger partial charge in [-0.15, -0.1) is 0 Å². The maximum absolute atomic E-state index is 11.9. The largest absolute Gasteiger partial charge is 0.321 e. The molecule has 1 amide bonds. The molecule has 2 aromatic rings. The molecule has 0 aliphatic carbocycles. The number of anilines is 1. The van der Waals surface area contributed by atoms with Crippen LogP contribution in [0.4, 0.5) is 11.4 Å². The highest BCUT2D eigenvalue weighted by Gasteiger charge is 2.07. The number of nitrogens with one attached hydrogen (secondary N) is 1. The molecule has 2 rings (SSSR count). The smallest absolute Gasteiger partial charge is 0.274 e. The van der Waals surface area contributed by atoms with Crippen LogP contribution >= 0.6 is 15.9 Å². The van der Waals surface area contributed by atoms with Crippen molar-refractivity contribution in [1.29, 1.82) is 0 Å². The lowest BCUT2D eigenvalue weighted by Gasteiger charge is -2.05. The quantitative estimate of drug-likeness (QED) is 0.400. The molecular weight excluding hydrogens is 310 g/mol. The highest BCUT2D eigenvalue weighted by Crippen LogP contribution is 2.17. The number of nitrogens with zero attached hydrogens (tertiary/aromatic N) is 4. The number of hydrogen-bond acceptors (Lipinski definition) is 3. The highest BCUT2D eigenvalue weighted by atomic mass is 79.9. The molecule has 0 aliphatic heterocycles. The molecule has 6 nitrogen and oxygen atoms in total. The van der Waals surface area contributed by atoms with Crippen molar-refractivity contribution in [2.45, 2.75) is 0 Å². The van der Waals surface area contributed by atoms with Gasteiger partial charge < -0.3 is 5.32 Å². The van der Waals surface area contributed by atoms with Gasteiger partial charge in [0.05, 0.1) is 0 Å². The Kier molecular flexibility index (Phi) is 4.12. The van der Waals surface area contributed by atoms with Crippen molar-refractivity contribution < 1.29 is 4.79 Å². The van der Waals surface area contributed by atoms with Crippen LogP contribution in [-0.2, 0) is 0 Å². The molecule has 1 aromatic heterocycles. The van der Waals surface area contributed by atoms with Gasteiger partial charge in [0, 0.05) is 16.3 Å². The van der Waals surface area contributed by atoms with Gasteiger partial charge in [0.15, 0.2) is 0 Å². The first-order valence-corrected chi connectivity index (χ1v) is 6.07. The zero-order valence-corrected chi connectivity index (χ0v) is 11.2. The summed E-state index contributed by atoms with van der Waals surface area (Å²) in [4.78, 5) is 18.6. The topological polar surface area (TPSA) is 90.8 Å². The fourth-order valence-electron chi connectivity index (χ4n) is 1.39. The van der Waals surface area contributed by atoms with Gasteiger partial charge in [-0.25, -0.2) is 4.98 Å². The first kappa shape index (κ1) is 13.1. The van der Waals surface area contributed by atoms with E-state index in [9.17, 15) is 4.79 Å². The number of carbonyl (C=O) groups is 1. The van der Waals surface area contributed by atoms with Crippen LogP contribution < -0.4 is 5.32 Å². The third kappa shape index (κ3) is 3.54. The van der Waals surface area contributed by atoms with E-state index in [2.05, 4.69) is 36.3 Å². The molecule has 0 saturated heterocycles. The summed E-state index contributed by atoms with van der Waals surface area (Å²) in [6.45, 7) is 0. The van der Waals surface area contributed by atoms with E-state index in [4.69, 9.17) is 5.53 Å². The molecule has 19 heavy (non-hydrogen) atoms. The Morgan fingerprint density at radius 3 is 2.63 bits per heavy atom. The minimum Gasteiger partial charge on any atom is -0.321 e. The van der Waals surface area contributed by atoms with Gasteiger partial charge in [-0.2, -0.15) is 0 Å².